The Labute approximate surface area is 270 Å². The molecule has 0 bridgehead atoms. The zero-order chi connectivity index (χ0) is 32.1. The van der Waals surface area contributed by atoms with Crippen LogP contribution in [0.4, 0.5) is 5.69 Å². The number of benzene rings is 2. The smallest absolute Gasteiger partial charge is 0.224 e. The molecule has 2 amide bonds. The van der Waals surface area contributed by atoms with Crippen LogP contribution in [0.15, 0.2) is 47.5 Å². The zero-order valence-electron chi connectivity index (χ0n) is 25.3. The van der Waals surface area contributed by atoms with E-state index < -0.39 is 6.04 Å². The number of fused-ring (bicyclic) bond motifs is 3. The van der Waals surface area contributed by atoms with Gasteiger partial charge in [-0.15, -0.1) is 21.5 Å². The highest BCUT2D eigenvalue weighted by atomic mass is 35.5. The van der Waals surface area contributed by atoms with E-state index in [0.717, 1.165) is 33.2 Å². The molecule has 0 radical (unpaired) electrons. The lowest BCUT2D eigenvalue weighted by atomic mass is 9.99. The molecule has 0 unspecified atom stereocenters. The van der Waals surface area contributed by atoms with Crippen molar-refractivity contribution in [2.24, 2.45) is 10.7 Å². The molecule has 5 N–H and O–H groups in total. The van der Waals surface area contributed by atoms with Crippen LogP contribution in [0.25, 0.3) is 5.00 Å². The van der Waals surface area contributed by atoms with Gasteiger partial charge in [0.25, 0.3) is 0 Å². The molecule has 0 fully saturated rings. The van der Waals surface area contributed by atoms with Gasteiger partial charge < -0.3 is 21.5 Å². The maximum absolute atomic E-state index is 13.2. The molecule has 10 nitrogen and oxygen atoms in total. The first-order chi connectivity index (χ1) is 21.7. The number of aromatic nitrogens is 3. The van der Waals surface area contributed by atoms with Gasteiger partial charge >= 0.3 is 0 Å². The standard InChI is InChI=1S/C33H34ClN7O3S/c1-19-20(2)45-33-30(19)31(23-8-11-25(34)12-9-23)38-27(32-40-39-21(3)41(32)33)17-29(44)36-15-5-7-28(43)37-26-13-10-22(6-4-14-35)24(16-26)18-42/h8-13,16,27,42H,5,7,14-15,17-18,35H2,1-3H3,(H,36,44)(H,37,43)/t27-/m0/s1. The number of hydrogen-bond donors (Lipinski definition) is 4. The Morgan fingerprint density at radius 1 is 1.11 bits per heavy atom. The van der Waals surface area contributed by atoms with Crippen LogP contribution < -0.4 is 16.4 Å². The van der Waals surface area contributed by atoms with Crippen molar-refractivity contribution in [1.82, 2.24) is 20.1 Å². The molecule has 4 aromatic rings. The number of aliphatic hydroxyl groups excluding tert-OH is 1. The van der Waals surface area contributed by atoms with Gasteiger partial charge in [-0.1, -0.05) is 35.6 Å². The Morgan fingerprint density at radius 3 is 2.62 bits per heavy atom. The summed E-state index contributed by atoms with van der Waals surface area (Å²) in [5, 5.41) is 25.8. The predicted molar refractivity (Wildman–Crippen MR) is 177 cm³/mol. The molecule has 3 heterocycles. The molecule has 1 aliphatic heterocycles. The Hall–Kier alpha value is -4.34. The number of aryl methyl sites for hydroxylation is 2. The average molecular weight is 644 g/mol. The van der Waals surface area contributed by atoms with E-state index in [9.17, 15) is 14.7 Å². The van der Waals surface area contributed by atoms with Crippen molar-refractivity contribution in [3.05, 3.63) is 91.8 Å². The second-order valence-electron chi connectivity index (χ2n) is 10.6. The first-order valence-electron chi connectivity index (χ1n) is 14.6. The van der Waals surface area contributed by atoms with E-state index in [0.29, 0.717) is 40.6 Å². The summed E-state index contributed by atoms with van der Waals surface area (Å²) in [4.78, 5) is 32.0. The van der Waals surface area contributed by atoms with E-state index in [1.807, 2.05) is 35.8 Å². The van der Waals surface area contributed by atoms with E-state index in [2.05, 4.69) is 46.5 Å². The molecule has 1 aliphatic rings. The molecule has 2 aromatic heterocycles. The summed E-state index contributed by atoms with van der Waals surface area (Å²) in [6.45, 7) is 6.39. The fraction of sp³-hybridized carbons (Fsp3) is 0.303. The Kier molecular flexibility index (Phi) is 10.1. The van der Waals surface area contributed by atoms with E-state index in [1.54, 1.807) is 29.5 Å². The van der Waals surface area contributed by atoms with Crippen LogP contribution >= 0.6 is 22.9 Å². The third-order valence-electron chi connectivity index (χ3n) is 7.52. The second kappa shape index (κ2) is 14.2. The topological polar surface area (TPSA) is 148 Å². The molecule has 0 saturated carbocycles. The quantitative estimate of drug-likeness (QED) is 0.156. The summed E-state index contributed by atoms with van der Waals surface area (Å²) in [6.07, 6.45) is 0.718. The SMILES string of the molecule is Cc1sc2c(c1C)C(c1ccc(Cl)cc1)=N[C@@H](CC(=O)NCCCC(=O)Nc1ccc(C#CCN)c(CO)c1)c1nnc(C)n1-2. The van der Waals surface area contributed by atoms with Crippen molar-refractivity contribution in [1.29, 1.82) is 0 Å². The lowest BCUT2D eigenvalue weighted by Gasteiger charge is -2.13. The third-order valence-corrected chi connectivity index (χ3v) is 8.97. The van der Waals surface area contributed by atoms with Crippen molar-refractivity contribution < 1.29 is 14.7 Å². The minimum atomic E-state index is -0.572. The maximum Gasteiger partial charge on any atom is 0.224 e. The van der Waals surface area contributed by atoms with Crippen LogP contribution in [0.2, 0.25) is 5.02 Å². The van der Waals surface area contributed by atoms with Crippen molar-refractivity contribution >= 4 is 46.2 Å². The van der Waals surface area contributed by atoms with Crippen molar-refractivity contribution in [2.45, 2.75) is 52.7 Å². The maximum atomic E-state index is 13.2. The largest absolute Gasteiger partial charge is 0.392 e. The summed E-state index contributed by atoms with van der Waals surface area (Å²) in [5.41, 5.74) is 11.1. The minimum absolute atomic E-state index is 0.0672. The van der Waals surface area contributed by atoms with Gasteiger partial charge in [0, 0.05) is 45.2 Å². The molecule has 12 heteroatoms. The number of nitrogens with two attached hydrogens (primary N) is 1. The first-order valence-corrected chi connectivity index (χ1v) is 15.7. The van der Waals surface area contributed by atoms with Gasteiger partial charge in [0.1, 0.15) is 16.9 Å². The fourth-order valence-electron chi connectivity index (χ4n) is 5.15. The number of anilines is 1. The highest BCUT2D eigenvalue weighted by molar-refractivity contribution is 7.15. The summed E-state index contributed by atoms with van der Waals surface area (Å²) in [7, 11) is 0. The van der Waals surface area contributed by atoms with Crippen LogP contribution in [0.1, 0.15) is 69.6 Å². The summed E-state index contributed by atoms with van der Waals surface area (Å²) < 4.78 is 2.01. The molecule has 1 atom stereocenters. The molecular weight excluding hydrogens is 610 g/mol. The van der Waals surface area contributed by atoms with E-state index in [-0.39, 0.29) is 37.8 Å². The van der Waals surface area contributed by atoms with Crippen molar-refractivity contribution in [2.75, 3.05) is 18.4 Å². The zero-order valence-corrected chi connectivity index (χ0v) is 26.8. The van der Waals surface area contributed by atoms with E-state index in [4.69, 9.17) is 22.3 Å². The third kappa shape index (κ3) is 7.16. The van der Waals surface area contributed by atoms with Crippen molar-refractivity contribution in [3.63, 3.8) is 0 Å². The molecule has 2 aromatic carbocycles. The van der Waals surface area contributed by atoms with Crippen molar-refractivity contribution in [3.8, 4) is 16.8 Å². The van der Waals surface area contributed by atoms with E-state index >= 15 is 0 Å². The highest BCUT2D eigenvalue weighted by Gasteiger charge is 2.32. The number of thiophene rings is 1. The van der Waals surface area contributed by atoms with Crippen LogP contribution in [-0.2, 0) is 16.2 Å². The highest BCUT2D eigenvalue weighted by Crippen LogP contribution is 2.39. The second-order valence-corrected chi connectivity index (χ2v) is 12.3. The molecule has 0 saturated heterocycles. The Morgan fingerprint density at radius 2 is 1.89 bits per heavy atom. The Balaban J connectivity index is 1.25. The van der Waals surface area contributed by atoms with Gasteiger partial charge in [-0.05, 0) is 68.7 Å². The summed E-state index contributed by atoms with van der Waals surface area (Å²) in [6, 6.07) is 12.1. The van der Waals surface area contributed by atoms with Crippen LogP contribution in [-0.4, -0.2) is 50.5 Å². The number of halogens is 1. The molecular formula is C33H34ClN7O3S. The van der Waals surface area contributed by atoms with Gasteiger partial charge in [-0.3, -0.25) is 19.1 Å². The number of nitrogens with one attached hydrogen (secondary N) is 2. The average Bonchev–Trinajstić information content (AvgIpc) is 3.50. The summed E-state index contributed by atoms with van der Waals surface area (Å²) in [5.74, 6) is 6.60. The van der Waals surface area contributed by atoms with Gasteiger partial charge in [-0.25, -0.2) is 0 Å². The number of amides is 2. The molecule has 0 aliphatic carbocycles. The fourth-order valence-corrected chi connectivity index (χ4v) is 6.49. The normalized spacial score (nSPS) is 13.6. The summed E-state index contributed by atoms with van der Waals surface area (Å²) >= 11 is 7.85. The number of aliphatic hydroxyl groups is 1. The lowest BCUT2D eigenvalue weighted by Crippen LogP contribution is -2.27. The van der Waals surface area contributed by atoms with E-state index in [1.165, 1.54) is 4.88 Å². The molecule has 232 valence electrons. The number of nitrogens with zero attached hydrogens (tertiary/aromatic N) is 4. The number of carbonyl (C=O) groups is 2. The number of hydrogen-bond acceptors (Lipinski definition) is 8. The molecule has 45 heavy (non-hydrogen) atoms. The molecule has 0 spiro atoms. The van der Waals surface area contributed by atoms with Gasteiger partial charge in [-0.2, -0.15) is 0 Å². The predicted octanol–water partition coefficient (Wildman–Crippen LogP) is 4.53. The Bertz CT molecular complexity index is 1830. The van der Waals surface area contributed by atoms with Gasteiger partial charge in [0.05, 0.1) is 25.3 Å². The van der Waals surface area contributed by atoms with Crippen LogP contribution in [0.3, 0.4) is 0 Å². The first kappa shape index (κ1) is 32.1. The van der Waals surface area contributed by atoms with Gasteiger partial charge in [0.2, 0.25) is 11.8 Å². The molecule has 5 rings (SSSR count). The number of rotatable bonds is 9. The van der Waals surface area contributed by atoms with Crippen LogP contribution in [0.5, 0.6) is 0 Å². The van der Waals surface area contributed by atoms with Gasteiger partial charge in [0.15, 0.2) is 5.82 Å². The lowest BCUT2D eigenvalue weighted by molar-refractivity contribution is -0.122. The number of carbonyl (C=O) groups excluding carboxylic acids is 2. The monoisotopic (exact) mass is 643 g/mol. The van der Waals surface area contributed by atoms with Crippen LogP contribution in [0, 0.1) is 32.6 Å². The minimum Gasteiger partial charge on any atom is -0.392 e. The number of aliphatic imine (C=N–C) groups is 1.